The molecule has 0 aliphatic rings. The quantitative estimate of drug-likeness (QED) is 0.170. The van der Waals surface area contributed by atoms with Crippen LogP contribution in [-0.2, 0) is 0 Å². The summed E-state index contributed by atoms with van der Waals surface area (Å²) in [7, 11) is 0. The third kappa shape index (κ3) is 3.96. The van der Waals surface area contributed by atoms with Gasteiger partial charge in [-0.05, 0) is 104 Å². The first-order valence-corrected chi connectivity index (χ1v) is 14.5. The maximum Gasteiger partial charge on any atom is 0.0636 e. The summed E-state index contributed by atoms with van der Waals surface area (Å²) >= 11 is 0. The number of fused-ring (bicyclic) bond motifs is 6. The Morgan fingerprint density at radius 3 is 1.38 bits per heavy atom. The number of hydrogen-bond acceptors (Lipinski definition) is 0. The molecular weight excluding hydrogens is 577 g/mol. The molecular formula is C48H30. The van der Waals surface area contributed by atoms with E-state index in [0.29, 0.717) is 0 Å². The lowest BCUT2D eigenvalue weighted by Gasteiger charge is -2.22. The number of hydrogen-bond donors (Lipinski definition) is 0. The van der Waals surface area contributed by atoms with Crippen molar-refractivity contribution >= 4 is 64.6 Å². The van der Waals surface area contributed by atoms with Crippen LogP contribution in [0.1, 0.15) is 37.0 Å². The number of rotatable bonds is 3. The summed E-state index contributed by atoms with van der Waals surface area (Å²) in [5.41, 5.74) is -3.18. The van der Waals surface area contributed by atoms with Crippen molar-refractivity contribution in [2.45, 2.75) is 0 Å². The van der Waals surface area contributed by atoms with Gasteiger partial charge in [0.1, 0.15) is 0 Å². The van der Waals surface area contributed by atoms with Crippen molar-refractivity contribution in [2.75, 3.05) is 0 Å². The fourth-order valence-electron chi connectivity index (χ4n) is 6.37. The zero-order valence-electron chi connectivity index (χ0n) is 51.2. The van der Waals surface area contributed by atoms with Gasteiger partial charge in [0.15, 0.2) is 0 Å². The Bertz CT molecular complexity index is 4350. The van der Waals surface area contributed by atoms with Gasteiger partial charge in [0, 0.05) is 0 Å². The Kier molecular flexibility index (Phi) is 2.55. The standard InChI is InChI=1S/C48H30/c1-2-16-33-30-34(29-28-31(33)14-1)45-37-19-5-9-23-41(37)47(42-24-10-6-20-38(42)45)48-43-25-11-7-21-39(43)46(40-22-8-12-26-44(40)48)36-27-13-17-32-15-3-4-18-35(32)36/h1-30H/i1D,2D,3D,4D,5D,6D,7D,8D,9D,10D,11D,12D,13D,14D,15D,16D,17D,18D,19D,20D,21D,25D,26D,27D,28D,29D,30D. The van der Waals surface area contributed by atoms with Crippen LogP contribution in [0.2, 0.25) is 0 Å². The maximum atomic E-state index is 9.69. The van der Waals surface area contributed by atoms with Crippen molar-refractivity contribution in [3.8, 4) is 33.4 Å². The third-order valence-electron chi connectivity index (χ3n) is 8.29. The molecule has 0 aliphatic heterocycles. The highest BCUT2D eigenvalue weighted by Gasteiger charge is 2.22. The van der Waals surface area contributed by atoms with Crippen LogP contribution < -0.4 is 0 Å². The Morgan fingerprint density at radius 1 is 0.271 bits per heavy atom. The first-order valence-electron chi connectivity index (χ1n) is 28.0. The molecule has 0 radical (unpaired) electrons. The highest BCUT2D eigenvalue weighted by Crippen LogP contribution is 2.50. The zero-order chi connectivity index (χ0) is 55.1. The van der Waals surface area contributed by atoms with Gasteiger partial charge in [0.25, 0.3) is 0 Å². The van der Waals surface area contributed by atoms with Crippen molar-refractivity contribution in [3.63, 3.8) is 0 Å². The molecule has 0 amide bonds. The van der Waals surface area contributed by atoms with Crippen molar-refractivity contribution in [1.29, 1.82) is 0 Å². The van der Waals surface area contributed by atoms with E-state index in [4.69, 9.17) is 26.0 Å². The highest BCUT2D eigenvalue weighted by molar-refractivity contribution is 6.30. The van der Waals surface area contributed by atoms with Crippen LogP contribution in [0.25, 0.3) is 98.0 Å². The van der Waals surface area contributed by atoms with Gasteiger partial charge in [-0.3, -0.25) is 0 Å². The van der Waals surface area contributed by atoms with Crippen molar-refractivity contribution < 1.29 is 37.0 Å². The summed E-state index contributed by atoms with van der Waals surface area (Å²) < 4.78 is 245. The van der Waals surface area contributed by atoms with Crippen molar-refractivity contribution in [2.24, 2.45) is 0 Å². The van der Waals surface area contributed by atoms with Gasteiger partial charge in [0.2, 0.25) is 0 Å². The average Bonchev–Trinajstić information content (AvgIpc) is 3.37. The smallest absolute Gasteiger partial charge is 0.0616 e. The second-order valence-electron chi connectivity index (χ2n) is 10.7. The first-order chi connectivity index (χ1) is 35.0. The SMILES string of the molecule is [2H]c1cc2c(-c3c4c([2H])c([2H])c([2H])cc4c(-c4c([2H])c([2H])c([2H])c5c([2H])c([2H])c([2H])c([2H])c45)c4c([2H])c([2H])c([2H])c([2H])c34)c3cc([2H])c([2H])c([2H])c3c(-c3c([2H])c([2H])c4c([2H])c([2H])c([2H])c([2H])c4c3[2H])c2c([2H])c1[2H]. The molecule has 0 N–H and O–H groups in total. The van der Waals surface area contributed by atoms with Gasteiger partial charge in [0.05, 0.1) is 37.0 Å². The summed E-state index contributed by atoms with van der Waals surface area (Å²) in [5.74, 6) is 0. The minimum atomic E-state index is -0.937. The summed E-state index contributed by atoms with van der Waals surface area (Å²) in [6.45, 7) is 0. The fourth-order valence-corrected chi connectivity index (χ4v) is 6.37. The molecule has 0 aromatic heterocycles. The summed E-state index contributed by atoms with van der Waals surface area (Å²) in [4.78, 5) is 0. The molecule has 0 fully saturated rings. The van der Waals surface area contributed by atoms with E-state index in [-0.39, 0.29) is 10.8 Å². The molecule has 222 valence electrons. The molecule has 0 unspecified atom stereocenters. The van der Waals surface area contributed by atoms with E-state index in [1.807, 2.05) is 0 Å². The molecule has 0 nitrogen and oxygen atoms in total. The van der Waals surface area contributed by atoms with Gasteiger partial charge >= 0.3 is 0 Å². The minimum absolute atomic E-state index is 0.378. The molecule has 0 saturated carbocycles. The Labute approximate surface area is 317 Å². The zero-order valence-corrected chi connectivity index (χ0v) is 24.2. The van der Waals surface area contributed by atoms with Crippen LogP contribution in [0.4, 0.5) is 0 Å². The topological polar surface area (TPSA) is 0 Å². The monoisotopic (exact) mass is 633 g/mol. The highest BCUT2D eigenvalue weighted by atomic mass is 14.2. The molecule has 0 bridgehead atoms. The van der Waals surface area contributed by atoms with Crippen molar-refractivity contribution in [1.82, 2.24) is 0 Å². The largest absolute Gasteiger partial charge is 0.0636 e. The Hall–Kier alpha value is -6.24. The Morgan fingerprint density at radius 2 is 0.708 bits per heavy atom. The van der Waals surface area contributed by atoms with Crippen LogP contribution in [0.5, 0.6) is 0 Å². The van der Waals surface area contributed by atoms with E-state index in [1.165, 1.54) is 0 Å². The molecule has 48 heavy (non-hydrogen) atoms. The minimum Gasteiger partial charge on any atom is -0.0616 e. The second kappa shape index (κ2) is 10.7. The van der Waals surface area contributed by atoms with E-state index >= 15 is 0 Å². The molecule has 0 spiro atoms. The van der Waals surface area contributed by atoms with E-state index in [2.05, 4.69) is 0 Å². The van der Waals surface area contributed by atoms with E-state index in [1.54, 1.807) is 0 Å². The van der Waals surface area contributed by atoms with Gasteiger partial charge in [-0.2, -0.15) is 0 Å². The van der Waals surface area contributed by atoms with Crippen LogP contribution in [0.3, 0.4) is 0 Å². The third-order valence-corrected chi connectivity index (χ3v) is 8.29. The average molecular weight is 634 g/mol. The Balaban J connectivity index is 1.60. The molecule has 10 aromatic carbocycles. The number of benzene rings is 10. The molecule has 0 heterocycles. The molecule has 10 rings (SSSR count). The van der Waals surface area contributed by atoms with Gasteiger partial charge in [-0.1, -0.05) is 175 Å². The predicted molar refractivity (Wildman–Crippen MR) is 208 cm³/mol. The van der Waals surface area contributed by atoms with Gasteiger partial charge in [-0.25, -0.2) is 0 Å². The van der Waals surface area contributed by atoms with Crippen LogP contribution in [0.15, 0.2) is 181 Å². The van der Waals surface area contributed by atoms with Gasteiger partial charge in [-0.15, -0.1) is 0 Å². The molecule has 0 atom stereocenters. The van der Waals surface area contributed by atoms with E-state index < -0.39 is 250 Å². The maximum absolute atomic E-state index is 9.69. The molecule has 0 aliphatic carbocycles. The van der Waals surface area contributed by atoms with E-state index in [9.17, 15) is 11.0 Å². The summed E-state index contributed by atoms with van der Waals surface area (Å²) in [5, 5.41) is -6.13. The lowest BCUT2D eigenvalue weighted by atomic mass is 9.80. The van der Waals surface area contributed by atoms with Gasteiger partial charge < -0.3 is 0 Å². The lowest BCUT2D eigenvalue weighted by Crippen LogP contribution is -1.95. The van der Waals surface area contributed by atoms with Crippen LogP contribution in [-0.4, -0.2) is 0 Å². The molecule has 0 saturated heterocycles. The summed E-state index contributed by atoms with van der Waals surface area (Å²) in [6.07, 6.45) is 0. The fraction of sp³-hybridized carbons (Fsp3) is 0. The first kappa shape index (κ1) is 11.5. The van der Waals surface area contributed by atoms with E-state index in [0.717, 1.165) is 18.2 Å². The van der Waals surface area contributed by atoms with Crippen LogP contribution >= 0.6 is 0 Å². The summed E-state index contributed by atoms with van der Waals surface area (Å²) in [6, 6.07) is -19.4. The molecule has 10 aromatic rings. The van der Waals surface area contributed by atoms with Crippen LogP contribution in [0, 0.1) is 0 Å². The second-order valence-corrected chi connectivity index (χ2v) is 10.7. The van der Waals surface area contributed by atoms with Crippen molar-refractivity contribution in [3.05, 3.63) is 181 Å². The predicted octanol–water partition coefficient (Wildman–Crippen LogP) is 13.6. The lowest BCUT2D eigenvalue weighted by molar-refractivity contribution is 1.68. The molecule has 0 heteroatoms. The normalized spacial score (nSPS) is 19.6.